The van der Waals surface area contributed by atoms with Crippen LogP contribution in [-0.4, -0.2) is 23.5 Å². The topological polar surface area (TPSA) is 95.1 Å². The standard InChI is InChI=1S/C13H16FN3O3S/c1-8(2)13-15-6-11(16-13)21(19,20)17-12-9(7-18)4-3-5-10(12)14/h3-6,8,17-18H,7H2,1-2H3,(H,15,16). The lowest BCUT2D eigenvalue weighted by Gasteiger charge is -2.11. The van der Waals surface area contributed by atoms with Gasteiger partial charge in [0.15, 0.2) is 5.03 Å². The third-order valence-corrected chi connectivity index (χ3v) is 4.17. The molecular weight excluding hydrogens is 297 g/mol. The number of aromatic amines is 1. The van der Waals surface area contributed by atoms with Crippen molar-refractivity contribution in [1.29, 1.82) is 0 Å². The van der Waals surface area contributed by atoms with Crippen molar-refractivity contribution in [2.45, 2.75) is 31.4 Å². The summed E-state index contributed by atoms with van der Waals surface area (Å²) in [5.74, 6) is -0.199. The van der Waals surface area contributed by atoms with Gasteiger partial charge in [-0.25, -0.2) is 9.37 Å². The van der Waals surface area contributed by atoms with Gasteiger partial charge in [0.05, 0.1) is 18.5 Å². The van der Waals surface area contributed by atoms with E-state index in [4.69, 9.17) is 5.11 Å². The van der Waals surface area contributed by atoms with E-state index in [2.05, 4.69) is 14.7 Å². The van der Waals surface area contributed by atoms with Gasteiger partial charge in [-0.15, -0.1) is 0 Å². The number of H-pyrrole nitrogens is 1. The van der Waals surface area contributed by atoms with E-state index < -0.39 is 22.4 Å². The number of hydrogen-bond donors (Lipinski definition) is 3. The number of hydrogen-bond acceptors (Lipinski definition) is 4. The number of imidazole rings is 1. The van der Waals surface area contributed by atoms with Crippen LogP contribution in [0.25, 0.3) is 0 Å². The number of halogens is 1. The van der Waals surface area contributed by atoms with Gasteiger partial charge in [0.25, 0.3) is 10.0 Å². The lowest BCUT2D eigenvalue weighted by Crippen LogP contribution is -2.16. The van der Waals surface area contributed by atoms with Crippen LogP contribution in [0, 0.1) is 5.82 Å². The molecule has 0 bridgehead atoms. The molecule has 8 heteroatoms. The van der Waals surface area contributed by atoms with Gasteiger partial charge in [-0.05, 0) is 6.07 Å². The lowest BCUT2D eigenvalue weighted by atomic mass is 10.2. The minimum Gasteiger partial charge on any atom is -0.392 e. The second-order valence-electron chi connectivity index (χ2n) is 4.82. The predicted octanol–water partition coefficient (Wildman–Crippen LogP) is 1.97. The molecule has 0 fully saturated rings. The third-order valence-electron chi connectivity index (χ3n) is 2.92. The summed E-state index contributed by atoms with van der Waals surface area (Å²) in [7, 11) is -4.00. The van der Waals surface area contributed by atoms with Gasteiger partial charge in [0, 0.05) is 11.5 Å². The van der Waals surface area contributed by atoms with E-state index in [-0.39, 0.29) is 22.2 Å². The molecule has 0 atom stereocenters. The first-order chi connectivity index (χ1) is 9.85. The fourth-order valence-electron chi connectivity index (χ4n) is 1.75. The largest absolute Gasteiger partial charge is 0.392 e. The average molecular weight is 313 g/mol. The maximum atomic E-state index is 13.8. The quantitative estimate of drug-likeness (QED) is 0.786. The Kier molecular flexibility index (Phi) is 4.29. The van der Waals surface area contributed by atoms with Crippen LogP contribution in [0.5, 0.6) is 0 Å². The van der Waals surface area contributed by atoms with Gasteiger partial charge < -0.3 is 10.1 Å². The summed E-state index contributed by atoms with van der Waals surface area (Å²) >= 11 is 0. The smallest absolute Gasteiger partial charge is 0.279 e. The highest BCUT2D eigenvalue weighted by atomic mass is 32.2. The average Bonchev–Trinajstić information content (AvgIpc) is 2.91. The Bertz CT molecular complexity index is 741. The number of anilines is 1. The minimum atomic E-state index is -4.00. The Labute approximate surface area is 122 Å². The Morgan fingerprint density at radius 3 is 2.71 bits per heavy atom. The molecule has 0 amide bonds. The Balaban J connectivity index is 2.37. The van der Waals surface area contributed by atoms with E-state index >= 15 is 0 Å². The van der Waals surface area contributed by atoms with E-state index in [0.29, 0.717) is 5.82 Å². The molecule has 114 valence electrons. The van der Waals surface area contributed by atoms with E-state index in [1.165, 1.54) is 18.3 Å². The molecule has 1 aromatic carbocycles. The second-order valence-corrected chi connectivity index (χ2v) is 6.48. The van der Waals surface area contributed by atoms with Crippen molar-refractivity contribution in [1.82, 2.24) is 9.97 Å². The monoisotopic (exact) mass is 313 g/mol. The zero-order valence-corrected chi connectivity index (χ0v) is 12.4. The molecule has 0 unspecified atom stereocenters. The SMILES string of the molecule is CC(C)c1ncc(S(=O)(=O)Nc2c(F)cccc2CO)[nH]1. The maximum Gasteiger partial charge on any atom is 0.279 e. The zero-order chi connectivity index (χ0) is 15.6. The first-order valence-corrected chi connectivity index (χ1v) is 7.79. The third kappa shape index (κ3) is 3.22. The van der Waals surface area contributed by atoms with Crippen LogP contribution < -0.4 is 4.72 Å². The summed E-state index contributed by atoms with van der Waals surface area (Å²) in [6.07, 6.45) is 1.18. The van der Waals surface area contributed by atoms with Gasteiger partial charge in [0.1, 0.15) is 11.6 Å². The molecule has 0 aliphatic carbocycles. The highest BCUT2D eigenvalue weighted by Crippen LogP contribution is 2.23. The lowest BCUT2D eigenvalue weighted by molar-refractivity contribution is 0.282. The zero-order valence-electron chi connectivity index (χ0n) is 11.6. The van der Waals surface area contributed by atoms with Crippen molar-refractivity contribution < 1.29 is 17.9 Å². The van der Waals surface area contributed by atoms with Gasteiger partial charge in [-0.2, -0.15) is 8.42 Å². The number of aliphatic hydroxyl groups is 1. The molecule has 6 nitrogen and oxygen atoms in total. The highest BCUT2D eigenvalue weighted by Gasteiger charge is 2.21. The molecular formula is C13H16FN3O3S. The Hall–Kier alpha value is -1.93. The van der Waals surface area contributed by atoms with E-state index in [9.17, 15) is 12.8 Å². The summed E-state index contributed by atoms with van der Waals surface area (Å²) in [6, 6.07) is 3.95. The molecule has 0 aliphatic heterocycles. The van der Waals surface area contributed by atoms with Gasteiger partial charge in [0.2, 0.25) is 0 Å². The molecule has 21 heavy (non-hydrogen) atoms. The van der Waals surface area contributed by atoms with Gasteiger partial charge in [-0.3, -0.25) is 4.72 Å². The molecule has 0 spiro atoms. The minimum absolute atomic E-state index is 0.0374. The van der Waals surface area contributed by atoms with Crippen LogP contribution in [0.3, 0.4) is 0 Å². The molecule has 2 rings (SSSR count). The maximum absolute atomic E-state index is 13.8. The van der Waals surface area contributed by atoms with Crippen LogP contribution >= 0.6 is 0 Å². The number of para-hydroxylation sites is 1. The second kappa shape index (κ2) is 5.82. The van der Waals surface area contributed by atoms with E-state index in [1.54, 1.807) is 0 Å². The summed E-state index contributed by atoms with van der Waals surface area (Å²) in [5, 5.41) is 9.01. The van der Waals surface area contributed by atoms with Gasteiger partial charge >= 0.3 is 0 Å². The number of benzene rings is 1. The molecule has 0 saturated heterocycles. The molecule has 0 saturated carbocycles. The van der Waals surface area contributed by atoms with Crippen molar-refractivity contribution in [2.75, 3.05) is 4.72 Å². The predicted molar refractivity (Wildman–Crippen MR) is 75.8 cm³/mol. The van der Waals surface area contributed by atoms with Crippen molar-refractivity contribution in [2.24, 2.45) is 0 Å². The number of aliphatic hydroxyl groups excluding tert-OH is 1. The van der Waals surface area contributed by atoms with Gasteiger partial charge in [-0.1, -0.05) is 26.0 Å². The van der Waals surface area contributed by atoms with Crippen LogP contribution in [0.15, 0.2) is 29.4 Å². The Morgan fingerprint density at radius 2 is 2.14 bits per heavy atom. The summed E-state index contributed by atoms with van der Waals surface area (Å²) < 4.78 is 40.3. The van der Waals surface area contributed by atoms with Crippen molar-refractivity contribution in [3.05, 3.63) is 41.6 Å². The number of rotatable bonds is 5. The van der Waals surface area contributed by atoms with Crippen LogP contribution in [0.2, 0.25) is 0 Å². The normalized spacial score (nSPS) is 11.9. The van der Waals surface area contributed by atoms with Crippen molar-refractivity contribution in [3.8, 4) is 0 Å². The highest BCUT2D eigenvalue weighted by molar-refractivity contribution is 7.92. The molecule has 0 aliphatic rings. The fraction of sp³-hybridized carbons (Fsp3) is 0.308. The molecule has 1 aromatic heterocycles. The number of aromatic nitrogens is 2. The van der Waals surface area contributed by atoms with Crippen molar-refractivity contribution >= 4 is 15.7 Å². The summed E-state index contributed by atoms with van der Waals surface area (Å²) in [5.41, 5.74) is -0.108. The number of sulfonamides is 1. The molecule has 0 radical (unpaired) electrons. The first-order valence-electron chi connectivity index (χ1n) is 6.31. The van der Waals surface area contributed by atoms with Crippen LogP contribution in [0.1, 0.15) is 31.2 Å². The fourth-order valence-corrected chi connectivity index (χ4v) is 2.79. The number of nitrogens with one attached hydrogen (secondary N) is 2. The summed E-state index contributed by atoms with van der Waals surface area (Å²) in [4.78, 5) is 6.65. The summed E-state index contributed by atoms with van der Waals surface area (Å²) in [6.45, 7) is 3.25. The van der Waals surface area contributed by atoms with E-state index in [1.807, 2.05) is 13.8 Å². The Morgan fingerprint density at radius 1 is 1.43 bits per heavy atom. The molecule has 3 N–H and O–H groups in total. The van der Waals surface area contributed by atoms with Crippen LogP contribution in [0.4, 0.5) is 10.1 Å². The molecule has 1 heterocycles. The van der Waals surface area contributed by atoms with Crippen LogP contribution in [-0.2, 0) is 16.6 Å². The van der Waals surface area contributed by atoms with E-state index in [0.717, 1.165) is 6.07 Å². The molecule has 2 aromatic rings. The van der Waals surface area contributed by atoms with Crippen molar-refractivity contribution in [3.63, 3.8) is 0 Å². The number of nitrogens with zero attached hydrogens (tertiary/aromatic N) is 1. The first kappa shape index (κ1) is 15.5.